The maximum Gasteiger partial charge on any atom is 0.306 e. The van der Waals surface area contributed by atoms with Gasteiger partial charge in [0.15, 0.2) is 0 Å². The molecule has 1 aromatic rings. The molecule has 1 aliphatic rings. The molecule has 0 unspecified atom stereocenters. The Labute approximate surface area is 117 Å². The van der Waals surface area contributed by atoms with Gasteiger partial charge in [0.1, 0.15) is 5.75 Å². The smallest absolute Gasteiger partial charge is 0.306 e. The van der Waals surface area contributed by atoms with Gasteiger partial charge in [-0.05, 0) is 49.9 Å². The van der Waals surface area contributed by atoms with Crippen LogP contribution in [0.1, 0.15) is 35.2 Å². The van der Waals surface area contributed by atoms with E-state index in [1.807, 2.05) is 13.0 Å². The van der Waals surface area contributed by atoms with Crippen molar-refractivity contribution in [1.29, 1.82) is 0 Å². The lowest BCUT2D eigenvalue weighted by atomic mass is 10.1. The predicted molar refractivity (Wildman–Crippen MR) is 74.0 cm³/mol. The molecule has 20 heavy (non-hydrogen) atoms. The SMILES string of the molecule is COc1ccc(C(=O)N[C@@H]2CC[C@H](C(=O)O)C2)c(C)c1. The second kappa shape index (κ2) is 5.94. The third-order valence-electron chi connectivity index (χ3n) is 3.80. The molecular formula is C15H19NO4. The molecule has 0 aliphatic heterocycles. The van der Waals surface area contributed by atoms with Crippen LogP contribution in [-0.2, 0) is 4.79 Å². The van der Waals surface area contributed by atoms with Gasteiger partial charge >= 0.3 is 5.97 Å². The first-order valence-electron chi connectivity index (χ1n) is 6.69. The first-order valence-corrected chi connectivity index (χ1v) is 6.69. The van der Waals surface area contributed by atoms with Gasteiger partial charge in [0.25, 0.3) is 5.91 Å². The number of aryl methyl sites for hydroxylation is 1. The molecule has 2 rings (SSSR count). The van der Waals surface area contributed by atoms with E-state index in [0.29, 0.717) is 24.2 Å². The number of carboxylic acids is 1. The number of amides is 1. The minimum Gasteiger partial charge on any atom is -0.497 e. The van der Waals surface area contributed by atoms with Crippen molar-refractivity contribution in [2.75, 3.05) is 7.11 Å². The maximum absolute atomic E-state index is 12.2. The van der Waals surface area contributed by atoms with Crippen LogP contribution in [-0.4, -0.2) is 30.1 Å². The number of nitrogens with one attached hydrogen (secondary N) is 1. The number of aliphatic carboxylic acids is 1. The topological polar surface area (TPSA) is 75.6 Å². The lowest BCUT2D eigenvalue weighted by Gasteiger charge is -2.14. The Bertz CT molecular complexity index is 527. The van der Waals surface area contributed by atoms with Crippen molar-refractivity contribution >= 4 is 11.9 Å². The molecule has 2 atom stereocenters. The zero-order valence-corrected chi connectivity index (χ0v) is 11.7. The highest BCUT2D eigenvalue weighted by Crippen LogP contribution is 2.26. The van der Waals surface area contributed by atoms with Crippen LogP contribution in [0.25, 0.3) is 0 Å². The van der Waals surface area contributed by atoms with Crippen LogP contribution in [0.3, 0.4) is 0 Å². The van der Waals surface area contributed by atoms with Crippen LogP contribution in [0.2, 0.25) is 0 Å². The van der Waals surface area contributed by atoms with Crippen molar-refractivity contribution < 1.29 is 19.4 Å². The molecule has 1 fully saturated rings. The molecule has 1 saturated carbocycles. The van der Waals surface area contributed by atoms with E-state index in [2.05, 4.69) is 5.32 Å². The van der Waals surface area contributed by atoms with E-state index in [-0.39, 0.29) is 17.9 Å². The summed E-state index contributed by atoms with van der Waals surface area (Å²) in [5.41, 5.74) is 1.44. The third-order valence-corrected chi connectivity index (χ3v) is 3.80. The third kappa shape index (κ3) is 3.10. The van der Waals surface area contributed by atoms with Gasteiger partial charge in [-0.2, -0.15) is 0 Å². The molecule has 0 aromatic heterocycles. The summed E-state index contributed by atoms with van der Waals surface area (Å²) in [6.45, 7) is 1.85. The summed E-state index contributed by atoms with van der Waals surface area (Å²) >= 11 is 0. The maximum atomic E-state index is 12.2. The molecule has 5 nitrogen and oxygen atoms in total. The van der Waals surface area contributed by atoms with Crippen molar-refractivity contribution in [2.24, 2.45) is 5.92 Å². The van der Waals surface area contributed by atoms with E-state index in [9.17, 15) is 9.59 Å². The summed E-state index contributed by atoms with van der Waals surface area (Å²) in [6.07, 6.45) is 1.86. The Hall–Kier alpha value is -2.04. The summed E-state index contributed by atoms with van der Waals surface area (Å²) in [5, 5.41) is 11.9. The summed E-state index contributed by atoms with van der Waals surface area (Å²) in [6, 6.07) is 5.23. The van der Waals surface area contributed by atoms with Crippen LogP contribution >= 0.6 is 0 Å². The molecular weight excluding hydrogens is 258 g/mol. The number of rotatable bonds is 4. The first kappa shape index (κ1) is 14.4. The van der Waals surface area contributed by atoms with Gasteiger partial charge in [0.05, 0.1) is 13.0 Å². The van der Waals surface area contributed by atoms with Gasteiger partial charge in [0.2, 0.25) is 0 Å². The monoisotopic (exact) mass is 277 g/mol. The van der Waals surface area contributed by atoms with Crippen molar-refractivity contribution in [3.8, 4) is 5.75 Å². The Kier molecular flexibility index (Phi) is 4.27. The number of carbonyl (C=O) groups is 2. The van der Waals surface area contributed by atoms with Crippen molar-refractivity contribution in [3.63, 3.8) is 0 Å². The zero-order chi connectivity index (χ0) is 14.7. The van der Waals surface area contributed by atoms with Crippen LogP contribution in [0.4, 0.5) is 0 Å². The summed E-state index contributed by atoms with van der Waals surface area (Å²) in [5.74, 6) is -0.549. The highest BCUT2D eigenvalue weighted by atomic mass is 16.5. The molecule has 1 amide bonds. The van der Waals surface area contributed by atoms with Gasteiger partial charge in [-0.25, -0.2) is 0 Å². The fourth-order valence-corrected chi connectivity index (χ4v) is 2.62. The van der Waals surface area contributed by atoms with E-state index < -0.39 is 5.97 Å². The Morgan fingerprint density at radius 2 is 2.10 bits per heavy atom. The number of hydrogen-bond donors (Lipinski definition) is 2. The zero-order valence-electron chi connectivity index (χ0n) is 11.7. The molecule has 0 radical (unpaired) electrons. The number of carbonyl (C=O) groups excluding carboxylic acids is 1. The summed E-state index contributed by atoms with van der Waals surface area (Å²) in [7, 11) is 1.58. The van der Waals surface area contributed by atoms with Gasteiger partial charge in [-0.1, -0.05) is 0 Å². The molecule has 1 aromatic carbocycles. The van der Waals surface area contributed by atoms with Crippen LogP contribution < -0.4 is 10.1 Å². The van der Waals surface area contributed by atoms with Gasteiger partial charge in [-0.3, -0.25) is 9.59 Å². The van der Waals surface area contributed by atoms with Crippen LogP contribution in [0.15, 0.2) is 18.2 Å². The summed E-state index contributed by atoms with van der Waals surface area (Å²) < 4.78 is 5.11. The first-order chi connectivity index (χ1) is 9.51. The fourth-order valence-electron chi connectivity index (χ4n) is 2.62. The van der Waals surface area contributed by atoms with E-state index >= 15 is 0 Å². The molecule has 0 bridgehead atoms. The molecule has 2 N–H and O–H groups in total. The van der Waals surface area contributed by atoms with E-state index in [1.165, 1.54) is 0 Å². The van der Waals surface area contributed by atoms with Gasteiger partial charge in [-0.15, -0.1) is 0 Å². The molecule has 108 valence electrons. The lowest BCUT2D eigenvalue weighted by Crippen LogP contribution is -2.33. The van der Waals surface area contributed by atoms with E-state index in [0.717, 1.165) is 12.0 Å². The average Bonchev–Trinajstić information content (AvgIpc) is 2.87. The number of hydrogen-bond acceptors (Lipinski definition) is 3. The molecule has 1 aliphatic carbocycles. The van der Waals surface area contributed by atoms with Gasteiger partial charge in [0, 0.05) is 11.6 Å². The average molecular weight is 277 g/mol. The fraction of sp³-hybridized carbons (Fsp3) is 0.467. The number of ether oxygens (including phenoxy) is 1. The molecule has 5 heteroatoms. The quantitative estimate of drug-likeness (QED) is 0.882. The van der Waals surface area contributed by atoms with Crippen molar-refractivity contribution in [2.45, 2.75) is 32.2 Å². The molecule has 0 saturated heterocycles. The highest BCUT2D eigenvalue weighted by molar-refractivity contribution is 5.96. The van der Waals surface area contributed by atoms with Crippen molar-refractivity contribution in [1.82, 2.24) is 5.32 Å². The normalized spacial score (nSPS) is 21.5. The minimum absolute atomic E-state index is 0.0508. The highest BCUT2D eigenvalue weighted by Gasteiger charge is 2.30. The number of methoxy groups -OCH3 is 1. The second-order valence-electron chi connectivity index (χ2n) is 5.20. The van der Waals surface area contributed by atoms with Crippen LogP contribution in [0.5, 0.6) is 5.75 Å². The Morgan fingerprint density at radius 1 is 1.35 bits per heavy atom. The Balaban J connectivity index is 2.01. The largest absolute Gasteiger partial charge is 0.497 e. The standard InChI is InChI=1S/C15H19NO4/c1-9-7-12(20-2)5-6-13(9)14(17)16-11-4-3-10(8-11)15(18)19/h5-7,10-11H,3-4,8H2,1-2H3,(H,16,17)(H,18,19)/t10-,11+/m0/s1. The van der Waals surface area contributed by atoms with E-state index in [4.69, 9.17) is 9.84 Å². The molecule has 0 spiro atoms. The minimum atomic E-state index is -0.776. The lowest BCUT2D eigenvalue weighted by molar-refractivity contribution is -0.141. The number of carboxylic acid groups (broad SMARTS) is 1. The summed E-state index contributed by atoms with van der Waals surface area (Å²) in [4.78, 5) is 23.1. The van der Waals surface area contributed by atoms with Crippen molar-refractivity contribution in [3.05, 3.63) is 29.3 Å². The van der Waals surface area contributed by atoms with Gasteiger partial charge < -0.3 is 15.2 Å². The van der Waals surface area contributed by atoms with E-state index in [1.54, 1.807) is 19.2 Å². The van der Waals surface area contributed by atoms with Crippen LogP contribution in [0, 0.1) is 12.8 Å². The second-order valence-corrected chi connectivity index (χ2v) is 5.20. The Morgan fingerprint density at radius 3 is 2.65 bits per heavy atom. The number of benzene rings is 1. The predicted octanol–water partition coefficient (Wildman–Crippen LogP) is 1.99. The molecule has 0 heterocycles.